The van der Waals surface area contributed by atoms with Crippen molar-refractivity contribution in [2.45, 2.75) is 19.3 Å². The van der Waals surface area contributed by atoms with Crippen molar-refractivity contribution < 1.29 is 0 Å². The molecule has 9 aromatic carbocycles. The average Bonchev–Trinajstić information content (AvgIpc) is 3.55. The van der Waals surface area contributed by atoms with Crippen molar-refractivity contribution in [1.29, 1.82) is 0 Å². The number of hydrogen-bond donors (Lipinski definition) is 0. The Hall–Kier alpha value is -7.42. The molecule has 0 unspecified atom stereocenters. The summed E-state index contributed by atoms with van der Waals surface area (Å²) in [6, 6.07) is 74.2. The minimum Gasteiger partial charge on any atom is -0.228 e. The van der Waals surface area contributed by atoms with Gasteiger partial charge in [-0.1, -0.05) is 208 Å². The van der Waals surface area contributed by atoms with Crippen LogP contribution in [0.2, 0.25) is 0 Å². The van der Waals surface area contributed by atoms with Crippen LogP contribution in [0, 0.1) is 0 Å². The first kappa shape index (κ1) is 34.8. The highest BCUT2D eigenvalue weighted by Gasteiger charge is 2.37. The predicted molar refractivity (Wildman–Crippen MR) is 247 cm³/mol. The van der Waals surface area contributed by atoms with E-state index in [-0.39, 0.29) is 5.41 Å². The van der Waals surface area contributed by atoms with Gasteiger partial charge in [0.05, 0.1) is 11.4 Å². The molecule has 0 saturated carbocycles. The maximum Gasteiger partial charge on any atom is 0.161 e. The summed E-state index contributed by atoms with van der Waals surface area (Å²) in [7, 11) is 0. The fourth-order valence-electron chi connectivity index (χ4n) is 9.40. The summed E-state index contributed by atoms with van der Waals surface area (Å²) >= 11 is 0. The SMILES string of the molecule is CC1(C)c2cccc(-c3ccc(-c4ccc(-c5nc(-c6ccccc6)cc(-c6ccccc6-c6ccccc6)n5)c5ccccc45)cc3)c2-c2c1ccc1ccccc21. The molecule has 0 radical (unpaired) electrons. The molecule has 0 spiro atoms. The van der Waals surface area contributed by atoms with Crippen molar-refractivity contribution in [3.63, 3.8) is 0 Å². The lowest BCUT2D eigenvalue weighted by atomic mass is 9.81. The molecule has 11 rings (SSSR count). The molecule has 2 heteroatoms. The van der Waals surface area contributed by atoms with Gasteiger partial charge in [0.2, 0.25) is 0 Å². The van der Waals surface area contributed by atoms with Gasteiger partial charge in [-0.25, -0.2) is 9.97 Å². The molecule has 1 heterocycles. The highest BCUT2D eigenvalue weighted by Crippen LogP contribution is 2.54. The molecule has 0 fully saturated rings. The highest BCUT2D eigenvalue weighted by atomic mass is 14.9. The molecule has 0 aliphatic heterocycles. The van der Waals surface area contributed by atoms with Gasteiger partial charge in [0.1, 0.15) is 0 Å². The number of nitrogens with zero attached hydrogens (tertiary/aromatic N) is 2. The maximum absolute atomic E-state index is 5.35. The second kappa shape index (κ2) is 13.9. The fraction of sp³-hybridized carbons (Fsp3) is 0.0526. The van der Waals surface area contributed by atoms with Gasteiger partial charge in [0.25, 0.3) is 0 Å². The first-order chi connectivity index (χ1) is 29.0. The van der Waals surface area contributed by atoms with Crippen molar-refractivity contribution in [2.24, 2.45) is 0 Å². The van der Waals surface area contributed by atoms with E-state index in [0.717, 1.165) is 44.6 Å². The van der Waals surface area contributed by atoms with Crippen LogP contribution in [0.4, 0.5) is 0 Å². The van der Waals surface area contributed by atoms with Gasteiger partial charge >= 0.3 is 0 Å². The topological polar surface area (TPSA) is 25.8 Å². The molecule has 1 aliphatic carbocycles. The standard InChI is InChI=1S/C57H40N2/c1-57(2)50-27-15-26-45(54(50)55-44-22-10-9-18-38(44)32-35-51(55)57)40-30-28-39(29-31-40)43-33-34-49(47-24-13-12-23-46(43)47)56-58-52(41-19-7-4-8-20-41)36-53(59-56)48-25-14-11-21-42(48)37-16-5-3-6-17-37/h3-36H,1-2H3. The highest BCUT2D eigenvalue weighted by molar-refractivity contribution is 6.07. The first-order valence-corrected chi connectivity index (χ1v) is 20.4. The normalized spacial score (nSPS) is 12.7. The van der Waals surface area contributed by atoms with Gasteiger partial charge in [-0.3, -0.25) is 0 Å². The molecule has 0 N–H and O–H groups in total. The van der Waals surface area contributed by atoms with Crippen LogP contribution in [0.15, 0.2) is 206 Å². The Bertz CT molecular complexity index is 3220. The minimum absolute atomic E-state index is 0.0817. The number of aromatic nitrogens is 2. The quantitative estimate of drug-likeness (QED) is 0.169. The Morgan fingerprint density at radius 2 is 0.847 bits per heavy atom. The molecule has 0 saturated heterocycles. The molecular weight excluding hydrogens is 713 g/mol. The van der Waals surface area contributed by atoms with Gasteiger partial charge in [0.15, 0.2) is 5.82 Å². The van der Waals surface area contributed by atoms with Crippen molar-refractivity contribution in [1.82, 2.24) is 9.97 Å². The summed E-state index contributed by atoms with van der Waals surface area (Å²) in [6.45, 7) is 4.73. The van der Waals surface area contributed by atoms with Crippen molar-refractivity contribution >= 4 is 21.5 Å². The van der Waals surface area contributed by atoms with E-state index >= 15 is 0 Å². The Kier molecular flexibility index (Phi) is 8.20. The maximum atomic E-state index is 5.35. The number of rotatable bonds is 6. The molecule has 2 nitrogen and oxygen atoms in total. The molecular formula is C57H40N2. The Balaban J connectivity index is 1.03. The molecule has 10 aromatic rings. The van der Waals surface area contributed by atoms with Crippen LogP contribution < -0.4 is 0 Å². The van der Waals surface area contributed by atoms with E-state index in [1.54, 1.807) is 0 Å². The minimum atomic E-state index is -0.0817. The number of benzene rings is 9. The Morgan fingerprint density at radius 1 is 0.322 bits per heavy atom. The van der Waals surface area contributed by atoms with E-state index in [1.165, 1.54) is 60.7 Å². The molecule has 59 heavy (non-hydrogen) atoms. The van der Waals surface area contributed by atoms with E-state index < -0.39 is 0 Å². The Morgan fingerprint density at radius 3 is 1.59 bits per heavy atom. The number of hydrogen-bond acceptors (Lipinski definition) is 2. The summed E-state index contributed by atoms with van der Waals surface area (Å²) in [6.07, 6.45) is 0. The van der Waals surface area contributed by atoms with Crippen LogP contribution in [-0.2, 0) is 5.41 Å². The Labute approximate surface area is 345 Å². The van der Waals surface area contributed by atoms with Crippen molar-refractivity contribution in [3.8, 4) is 78.4 Å². The summed E-state index contributed by atoms with van der Waals surface area (Å²) in [4.78, 5) is 10.6. The zero-order valence-electron chi connectivity index (χ0n) is 33.0. The van der Waals surface area contributed by atoms with Gasteiger partial charge in [-0.15, -0.1) is 0 Å². The zero-order valence-corrected chi connectivity index (χ0v) is 33.0. The third kappa shape index (κ3) is 5.79. The summed E-state index contributed by atoms with van der Waals surface area (Å²) in [5.41, 5.74) is 17.5. The lowest BCUT2D eigenvalue weighted by Gasteiger charge is -2.21. The summed E-state index contributed by atoms with van der Waals surface area (Å²) in [5.74, 6) is 0.705. The molecule has 1 aromatic heterocycles. The first-order valence-electron chi connectivity index (χ1n) is 20.4. The molecule has 1 aliphatic rings. The summed E-state index contributed by atoms with van der Waals surface area (Å²) < 4.78 is 0. The second-order valence-corrected chi connectivity index (χ2v) is 16.1. The van der Waals surface area contributed by atoms with Gasteiger partial charge in [-0.05, 0) is 89.3 Å². The third-order valence-electron chi connectivity index (χ3n) is 12.3. The largest absolute Gasteiger partial charge is 0.228 e. The van der Waals surface area contributed by atoms with Crippen molar-refractivity contribution in [2.75, 3.05) is 0 Å². The molecule has 278 valence electrons. The van der Waals surface area contributed by atoms with Crippen LogP contribution in [0.3, 0.4) is 0 Å². The molecule has 0 atom stereocenters. The summed E-state index contributed by atoms with van der Waals surface area (Å²) in [5, 5.41) is 4.88. The monoisotopic (exact) mass is 752 g/mol. The fourth-order valence-corrected chi connectivity index (χ4v) is 9.40. The smallest absolute Gasteiger partial charge is 0.161 e. The van der Waals surface area contributed by atoms with Crippen LogP contribution in [0.1, 0.15) is 25.0 Å². The van der Waals surface area contributed by atoms with Gasteiger partial charge < -0.3 is 0 Å². The van der Waals surface area contributed by atoms with E-state index in [9.17, 15) is 0 Å². The van der Waals surface area contributed by atoms with Crippen LogP contribution in [0.5, 0.6) is 0 Å². The number of fused-ring (bicyclic) bond motifs is 6. The van der Waals surface area contributed by atoms with E-state index in [1.807, 2.05) is 6.07 Å². The average molecular weight is 753 g/mol. The van der Waals surface area contributed by atoms with Crippen molar-refractivity contribution in [3.05, 3.63) is 217 Å². The predicted octanol–water partition coefficient (Wildman–Crippen LogP) is 15.1. The van der Waals surface area contributed by atoms with E-state index in [2.05, 4.69) is 214 Å². The van der Waals surface area contributed by atoms with Crippen LogP contribution >= 0.6 is 0 Å². The lowest BCUT2D eigenvalue weighted by molar-refractivity contribution is 0.661. The molecule has 0 bridgehead atoms. The lowest BCUT2D eigenvalue weighted by Crippen LogP contribution is -2.14. The van der Waals surface area contributed by atoms with Gasteiger partial charge in [-0.2, -0.15) is 0 Å². The van der Waals surface area contributed by atoms with Crippen LogP contribution in [-0.4, -0.2) is 9.97 Å². The van der Waals surface area contributed by atoms with E-state index in [4.69, 9.17) is 9.97 Å². The van der Waals surface area contributed by atoms with Crippen LogP contribution in [0.25, 0.3) is 100.0 Å². The third-order valence-corrected chi connectivity index (χ3v) is 12.3. The second-order valence-electron chi connectivity index (χ2n) is 16.1. The van der Waals surface area contributed by atoms with Gasteiger partial charge in [0, 0.05) is 22.1 Å². The van der Waals surface area contributed by atoms with E-state index in [0.29, 0.717) is 5.82 Å². The molecule has 0 amide bonds. The zero-order chi connectivity index (χ0) is 39.5.